The molecule has 1 atom stereocenters. The fraction of sp³-hybridized carbons (Fsp3) is 0.400. The lowest BCUT2D eigenvalue weighted by molar-refractivity contribution is 0.211. The van der Waals surface area contributed by atoms with Gasteiger partial charge in [0.05, 0.1) is 22.7 Å². The third-order valence-electron chi connectivity index (χ3n) is 1.83. The molecule has 0 saturated carbocycles. The fourth-order valence-electron chi connectivity index (χ4n) is 1.06. The predicted octanol–water partition coefficient (Wildman–Crippen LogP) is 2.66. The maximum absolute atomic E-state index is 9.24. The monoisotopic (exact) mass is 233 g/mol. The predicted molar refractivity (Wildman–Crippen MR) is 61.4 cm³/mol. The zero-order valence-corrected chi connectivity index (χ0v) is 9.44. The van der Waals surface area contributed by atoms with Crippen molar-refractivity contribution in [1.29, 1.82) is 0 Å². The number of nitrogens with one attached hydrogen (secondary N) is 1. The van der Waals surface area contributed by atoms with Gasteiger partial charge in [-0.15, -0.1) is 11.6 Å². The lowest BCUT2D eigenvalue weighted by Crippen LogP contribution is -2.20. The van der Waals surface area contributed by atoms with Crippen molar-refractivity contribution in [2.75, 3.05) is 17.7 Å². The van der Waals surface area contributed by atoms with Crippen molar-refractivity contribution in [3.63, 3.8) is 0 Å². The Kier molecular flexibility index (Phi) is 4.52. The first-order chi connectivity index (χ1) is 6.63. The van der Waals surface area contributed by atoms with Gasteiger partial charge in [-0.2, -0.15) is 0 Å². The Morgan fingerprint density at radius 3 is 2.86 bits per heavy atom. The molecule has 78 valence electrons. The van der Waals surface area contributed by atoms with Gasteiger partial charge in [0, 0.05) is 6.54 Å². The van der Waals surface area contributed by atoms with Gasteiger partial charge in [-0.05, 0) is 24.6 Å². The van der Waals surface area contributed by atoms with Crippen LogP contribution in [0.4, 0.5) is 5.69 Å². The third-order valence-corrected chi connectivity index (χ3v) is 2.51. The Bertz CT molecular complexity index is 304. The van der Waals surface area contributed by atoms with Crippen LogP contribution in [0.5, 0.6) is 0 Å². The van der Waals surface area contributed by atoms with Crippen LogP contribution in [0, 0.1) is 6.92 Å². The molecule has 0 saturated heterocycles. The molecular weight excluding hydrogens is 221 g/mol. The SMILES string of the molecule is Cc1ccc(Cl)c(NCC(O)CCl)c1. The van der Waals surface area contributed by atoms with Gasteiger partial charge in [0.1, 0.15) is 0 Å². The Morgan fingerprint density at radius 1 is 1.50 bits per heavy atom. The molecule has 0 amide bonds. The van der Waals surface area contributed by atoms with E-state index in [1.54, 1.807) is 0 Å². The van der Waals surface area contributed by atoms with Crippen LogP contribution in [0.2, 0.25) is 5.02 Å². The number of aliphatic hydroxyl groups excluding tert-OH is 1. The van der Waals surface area contributed by atoms with Crippen LogP contribution in [0.1, 0.15) is 5.56 Å². The summed E-state index contributed by atoms with van der Waals surface area (Å²) in [5.74, 6) is 0.219. The molecule has 0 aliphatic heterocycles. The molecule has 0 spiro atoms. The molecule has 0 aliphatic carbocycles. The number of hydrogen-bond donors (Lipinski definition) is 2. The lowest BCUT2D eigenvalue weighted by Gasteiger charge is -2.11. The molecule has 0 bridgehead atoms. The summed E-state index contributed by atoms with van der Waals surface area (Å²) >= 11 is 11.4. The van der Waals surface area contributed by atoms with E-state index in [-0.39, 0.29) is 5.88 Å². The Labute approximate surface area is 93.8 Å². The average molecular weight is 234 g/mol. The second kappa shape index (κ2) is 5.44. The highest BCUT2D eigenvalue weighted by Gasteiger charge is 2.04. The molecule has 0 heterocycles. The van der Waals surface area contributed by atoms with Crippen molar-refractivity contribution in [2.45, 2.75) is 13.0 Å². The number of halogens is 2. The van der Waals surface area contributed by atoms with Crippen molar-refractivity contribution >= 4 is 28.9 Å². The maximum atomic E-state index is 9.24. The topological polar surface area (TPSA) is 32.3 Å². The van der Waals surface area contributed by atoms with Crippen molar-refractivity contribution in [2.24, 2.45) is 0 Å². The number of aryl methyl sites for hydroxylation is 1. The summed E-state index contributed by atoms with van der Waals surface area (Å²) < 4.78 is 0. The zero-order valence-electron chi connectivity index (χ0n) is 7.93. The fourth-order valence-corrected chi connectivity index (χ4v) is 1.35. The molecule has 0 radical (unpaired) electrons. The highest BCUT2D eigenvalue weighted by molar-refractivity contribution is 6.33. The van der Waals surface area contributed by atoms with Crippen LogP contribution in [0.25, 0.3) is 0 Å². The Balaban J connectivity index is 2.62. The molecular formula is C10H13Cl2NO. The second-order valence-corrected chi connectivity index (χ2v) is 3.89. The van der Waals surface area contributed by atoms with Gasteiger partial charge in [0.2, 0.25) is 0 Å². The number of aliphatic hydroxyl groups is 1. The van der Waals surface area contributed by atoms with Gasteiger partial charge < -0.3 is 10.4 Å². The van der Waals surface area contributed by atoms with Crippen LogP contribution in [-0.4, -0.2) is 23.6 Å². The van der Waals surface area contributed by atoms with E-state index in [2.05, 4.69) is 5.32 Å². The first-order valence-electron chi connectivity index (χ1n) is 4.37. The van der Waals surface area contributed by atoms with Gasteiger partial charge in [0.25, 0.3) is 0 Å². The van der Waals surface area contributed by atoms with Crippen LogP contribution in [0.3, 0.4) is 0 Å². The molecule has 0 aliphatic rings. The van der Waals surface area contributed by atoms with Crippen molar-refractivity contribution < 1.29 is 5.11 Å². The summed E-state index contributed by atoms with van der Waals surface area (Å²) in [5.41, 5.74) is 1.95. The molecule has 2 nitrogen and oxygen atoms in total. The van der Waals surface area contributed by atoms with Crippen molar-refractivity contribution in [1.82, 2.24) is 0 Å². The van der Waals surface area contributed by atoms with Crippen LogP contribution >= 0.6 is 23.2 Å². The van der Waals surface area contributed by atoms with E-state index in [0.29, 0.717) is 11.6 Å². The Hall–Kier alpha value is -0.440. The van der Waals surface area contributed by atoms with E-state index in [1.165, 1.54) is 0 Å². The van der Waals surface area contributed by atoms with E-state index in [9.17, 15) is 5.11 Å². The highest BCUT2D eigenvalue weighted by atomic mass is 35.5. The summed E-state index contributed by atoms with van der Waals surface area (Å²) in [5, 5.41) is 12.9. The lowest BCUT2D eigenvalue weighted by atomic mass is 10.2. The van der Waals surface area contributed by atoms with E-state index in [4.69, 9.17) is 23.2 Å². The molecule has 1 unspecified atom stereocenters. The minimum atomic E-state index is -0.548. The molecule has 0 fully saturated rings. The van der Waals surface area contributed by atoms with Crippen LogP contribution in [0.15, 0.2) is 18.2 Å². The first kappa shape index (κ1) is 11.6. The van der Waals surface area contributed by atoms with E-state index >= 15 is 0 Å². The molecule has 4 heteroatoms. The smallest absolute Gasteiger partial charge is 0.0847 e. The molecule has 1 rings (SSSR count). The summed E-state index contributed by atoms with van der Waals surface area (Å²) in [6, 6.07) is 5.70. The Morgan fingerprint density at radius 2 is 2.21 bits per heavy atom. The van der Waals surface area contributed by atoms with Crippen molar-refractivity contribution in [3.05, 3.63) is 28.8 Å². The van der Waals surface area contributed by atoms with E-state index < -0.39 is 6.10 Å². The number of benzene rings is 1. The summed E-state index contributed by atoms with van der Waals surface area (Å²) in [7, 11) is 0. The maximum Gasteiger partial charge on any atom is 0.0847 e. The quantitative estimate of drug-likeness (QED) is 0.785. The number of anilines is 1. The minimum Gasteiger partial charge on any atom is -0.390 e. The molecule has 1 aromatic carbocycles. The van der Waals surface area contributed by atoms with Gasteiger partial charge in [0.15, 0.2) is 0 Å². The highest BCUT2D eigenvalue weighted by Crippen LogP contribution is 2.22. The average Bonchev–Trinajstić information content (AvgIpc) is 2.19. The standard InChI is InChI=1S/C10H13Cl2NO/c1-7-2-3-9(12)10(4-7)13-6-8(14)5-11/h2-4,8,13-14H,5-6H2,1H3. The normalized spacial score (nSPS) is 12.6. The summed E-state index contributed by atoms with van der Waals surface area (Å²) in [6.07, 6.45) is -0.548. The van der Waals surface area contributed by atoms with Crippen LogP contribution < -0.4 is 5.32 Å². The summed E-state index contributed by atoms with van der Waals surface area (Å²) in [6.45, 7) is 2.39. The van der Waals surface area contributed by atoms with E-state index in [1.807, 2.05) is 25.1 Å². The van der Waals surface area contributed by atoms with E-state index in [0.717, 1.165) is 11.3 Å². The molecule has 2 N–H and O–H groups in total. The summed E-state index contributed by atoms with van der Waals surface area (Å²) in [4.78, 5) is 0. The van der Waals surface area contributed by atoms with Gasteiger partial charge in [-0.1, -0.05) is 17.7 Å². The van der Waals surface area contributed by atoms with Crippen LogP contribution in [-0.2, 0) is 0 Å². The van der Waals surface area contributed by atoms with Gasteiger partial charge in [-0.3, -0.25) is 0 Å². The first-order valence-corrected chi connectivity index (χ1v) is 5.29. The number of rotatable bonds is 4. The third kappa shape index (κ3) is 3.37. The second-order valence-electron chi connectivity index (χ2n) is 3.17. The van der Waals surface area contributed by atoms with Gasteiger partial charge >= 0.3 is 0 Å². The number of alkyl halides is 1. The van der Waals surface area contributed by atoms with Crippen molar-refractivity contribution in [3.8, 4) is 0 Å². The largest absolute Gasteiger partial charge is 0.390 e. The molecule has 0 aromatic heterocycles. The number of hydrogen-bond acceptors (Lipinski definition) is 2. The van der Waals surface area contributed by atoms with Gasteiger partial charge in [-0.25, -0.2) is 0 Å². The molecule has 1 aromatic rings. The minimum absolute atomic E-state index is 0.219. The molecule has 14 heavy (non-hydrogen) atoms. The zero-order chi connectivity index (χ0) is 10.6.